The highest BCUT2D eigenvalue weighted by Crippen LogP contribution is 2.30. The number of halogens is 1. The summed E-state index contributed by atoms with van der Waals surface area (Å²) >= 11 is 6.02. The molecule has 0 spiro atoms. The van der Waals surface area contributed by atoms with Crippen LogP contribution >= 0.6 is 11.6 Å². The molecule has 0 saturated heterocycles. The monoisotopic (exact) mass is 355 g/mol. The van der Waals surface area contributed by atoms with Crippen molar-refractivity contribution in [3.63, 3.8) is 0 Å². The number of nitrogens with zero attached hydrogens (tertiary/aromatic N) is 1. The van der Waals surface area contributed by atoms with Gasteiger partial charge in [-0.3, -0.25) is 9.59 Å². The lowest BCUT2D eigenvalue weighted by Gasteiger charge is -2.17. The molecule has 0 atom stereocenters. The fourth-order valence-corrected chi connectivity index (χ4v) is 2.39. The zero-order valence-electron chi connectivity index (χ0n) is 14.7. The number of carbonyl (C=O) groups is 2. The van der Waals surface area contributed by atoms with Crippen molar-refractivity contribution in [2.24, 2.45) is 0 Å². The second-order valence-corrected chi connectivity index (χ2v) is 5.80. The predicted octanol–water partition coefficient (Wildman–Crippen LogP) is 2.44. The fourth-order valence-electron chi connectivity index (χ4n) is 2.23. The molecule has 1 aromatic rings. The zero-order chi connectivity index (χ0) is 18.1. The molecule has 0 saturated carbocycles. The summed E-state index contributed by atoms with van der Waals surface area (Å²) in [6, 6.07) is 3.28. The predicted molar refractivity (Wildman–Crippen MR) is 96.8 cm³/mol. The number of ether oxygens (including phenoxy) is 1. The van der Waals surface area contributed by atoms with Crippen LogP contribution in [0.3, 0.4) is 0 Å². The van der Waals surface area contributed by atoms with Gasteiger partial charge in [-0.15, -0.1) is 0 Å². The van der Waals surface area contributed by atoms with Crippen LogP contribution in [-0.2, 0) is 9.59 Å². The number of aryl methyl sites for hydroxylation is 1. The molecule has 0 bridgehead atoms. The van der Waals surface area contributed by atoms with Crippen molar-refractivity contribution in [2.45, 2.75) is 27.2 Å². The molecule has 0 aliphatic rings. The van der Waals surface area contributed by atoms with Gasteiger partial charge in [-0.05, 0) is 44.6 Å². The smallest absolute Gasteiger partial charge is 0.313 e. The van der Waals surface area contributed by atoms with Gasteiger partial charge >= 0.3 is 11.8 Å². The average Bonchev–Trinajstić information content (AvgIpc) is 2.57. The highest BCUT2D eigenvalue weighted by atomic mass is 35.5. The third kappa shape index (κ3) is 6.02. The quantitative estimate of drug-likeness (QED) is 0.555. The number of carbonyl (C=O) groups excluding carboxylic acids is 2. The van der Waals surface area contributed by atoms with Crippen LogP contribution in [0.5, 0.6) is 5.75 Å². The summed E-state index contributed by atoms with van der Waals surface area (Å²) in [4.78, 5) is 26.1. The normalized spacial score (nSPS) is 10.6. The summed E-state index contributed by atoms with van der Waals surface area (Å²) in [6.45, 7) is 9.29. The van der Waals surface area contributed by atoms with E-state index < -0.39 is 11.8 Å². The van der Waals surface area contributed by atoms with E-state index >= 15 is 0 Å². The van der Waals surface area contributed by atoms with E-state index in [4.69, 9.17) is 16.3 Å². The molecular weight excluding hydrogens is 330 g/mol. The number of hydrogen-bond acceptors (Lipinski definition) is 4. The molecule has 24 heavy (non-hydrogen) atoms. The maximum absolute atomic E-state index is 12.0. The Morgan fingerprint density at radius 2 is 1.88 bits per heavy atom. The zero-order valence-corrected chi connectivity index (χ0v) is 15.5. The maximum Gasteiger partial charge on any atom is 0.313 e. The van der Waals surface area contributed by atoms with Gasteiger partial charge in [-0.2, -0.15) is 0 Å². The number of nitrogens with one attached hydrogen (secondary N) is 2. The molecular formula is C17H26ClN3O3. The summed E-state index contributed by atoms with van der Waals surface area (Å²) in [6.07, 6.45) is 0.796. The van der Waals surface area contributed by atoms with Gasteiger partial charge in [0, 0.05) is 17.6 Å². The number of benzene rings is 1. The fraction of sp³-hybridized carbons (Fsp3) is 0.529. The summed E-state index contributed by atoms with van der Waals surface area (Å²) in [5, 5.41) is 5.71. The van der Waals surface area contributed by atoms with Crippen molar-refractivity contribution in [3.8, 4) is 5.75 Å². The van der Waals surface area contributed by atoms with Crippen LogP contribution in [-0.4, -0.2) is 50.0 Å². The third-order valence-electron chi connectivity index (χ3n) is 3.77. The number of rotatable bonds is 8. The lowest BCUT2D eigenvalue weighted by atomic mass is 10.2. The molecule has 6 nitrogen and oxygen atoms in total. The average molecular weight is 356 g/mol. The van der Waals surface area contributed by atoms with Crippen molar-refractivity contribution < 1.29 is 14.3 Å². The Morgan fingerprint density at radius 1 is 1.21 bits per heavy atom. The first kappa shape index (κ1) is 20.3. The van der Waals surface area contributed by atoms with Gasteiger partial charge < -0.3 is 20.3 Å². The van der Waals surface area contributed by atoms with Gasteiger partial charge in [0.25, 0.3) is 0 Å². The molecule has 7 heteroatoms. The van der Waals surface area contributed by atoms with Crippen LogP contribution in [0.4, 0.5) is 5.69 Å². The highest BCUT2D eigenvalue weighted by Gasteiger charge is 2.16. The molecule has 2 amide bonds. The second kappa shape index (κ2) is 10.2. The van der Waals surface area contributed by atoms with Crippen LogP contribution in [0.15, 0.2) is 12.1 Å². The van der Waals surface area contributed by atoms with Crippen LogP contribution in [0, 0.1) is 6.92 Å². The van der Waals surface area contributed by atoms with Crippen molar-refractivity contribution >= 4 is 29.1 Å². The first-order valence-corrected chi connectivity index (χ1v) is 8.46. The number of hydrogen-bond donors (Lipinski definition) is 2. The van der Waals surface area contributed by atoms with E-state index in [1.807, 2.05) is 6.92 Å². The molecule has 0 heterocycles. The van der Waals surface area contributed by atoms with E-state index in [2.05, 4.69) is 29.4 Å². The maximum atomic E-state index is 12.0. The van der Waals surface area contributed by atoms with Gasteiger partial charge in [0.1, 0.15) is 5.75 Å². The number of methoxy groups -OCH3 is 1. The molecule has 0 unspecified atom stereocenters. The van der Waals surface area contributed by atoms with E-state index in [1.54, 1.807) is 12.1 Å². The number of anilines is 1. The minimum Gasteiger partial charge on any atom is -0.495 e. The Bertz CT molecular complexity index is 574. The van der Waals surface area contributed by atoms with Gasteiger partial charge in [0.05, 0.1) is 12.8 Å². The second-order valence-electron chi connectivity index (χ2n) is 5.39. The Balaban J connectivity index is 2.53. The molecule has 0 aliphatic heterocycles. The Kier molecular flexibility index (Phi) is 8.57. The highest BCUT2D eigenvalue weighted by molar-refractivity contribution is 6.40. The first-order chi connectivity index (χ1) is 11.4. The molecule has 0 aromatic heterocycles. The minimum absolute atomic E-state index is 0.410. The summed E-state index contributed by atoms with van der Waals surface area (Å²) in [5.41, 5.74) is 1.20. The van der Waals surface area contributed by atoms with Crippen LogP contribution in [0.2, 0.25) is 5.02 Å². The largest absolute Gasteiger partial charge is 0.495 e. The summed E-state index contributed by atoms with van der Waals surface area (Å²) in [7, 11) is 1.48. The van der Waals surface area contributed by atoms with Crippen LogP contribution in [0.1, 0.15) is 25.8 Å². The SMILES string of the molecule is CCN(CC)CCCNC(=O)C(=O)Nc1cc(C)c(Cl)cc1OC. The van der Waals surface area contributed by atoms with Gasteiger partial charge in [0.2, 0.25) is 0 Å². The molecule has 1 aromatic carbocycles. The molecule has 0 radical (unpaired) electrons. The van der Waals surface area contributed by atoms with E-state index in [1.165, 1.54) is 7.11 Å². The topological polar surface area (TPSA) is 70.7 Å². The van der Waals surface area contributed by atoms with Crippen molar-refractivity contribution in [1.29, 1.82) is 0 Å². The van der Waals surface area contributed by atoms with E-state index in [9.17, 15) is 9.59 Å². The van der Waals surface area contributed by atoms with E-state index in [-0.39, 0.29) is 0 Å². The first-order valence-electron chi connectivity index (χ1n) is 8.08. The van der Waals surface area contributed by atoms with Crippen molar-refractivity contribution in [1.82, 2.24) is 10.2 Å². The van der Waals surface area contributed by atoms with Gasteiger partial charge in [-0.25, -0.2) is 0 Å². The van der Waals surface area contributed by atoms with Crippen molar-refractivity contribution in [2.75, 3.05) is 38.6 Å². The molecule has 0 aliphatic carbocycles. The van der Waals surface area contributed by atoms with E-state index in [0.717, 1.165) is 31.6 Å². The Hall–Kier alpha value is -1.79. The standard InChI is InChI=1S/C17H26ClN3O3/c1-5-21(6-2)9-7-8-19-16(22)17(23)20-14-10-12(3)13(18)11-15(14)24-4/h10-11H,5-9H2,1-4H3,(H,19,22)(H,20,23). The summed E-state index contributed by atoms with van der Waals surface area (Å²) < 4.78 is 5.17. The van der Waals surface area contributed by atoms with E-state index in [0.29, 0.717) is 23.0 Å². The minimum atomic E-state index is -0.724. The van der Waals surface area contributed by atoms with Gasteiger partial charge in [0.15, 0.2) is 0 Å². The molecule has 0 fully saturated rings. The lowest BCUT2D eigenvalue weighted by Crippen LogP contribution is -2.37. The Labute approximate surface area is 148 Å². The Morgan fingerprint density at radius 3 is 2.46 bits per heavy atom. The molecule has 134 valence electrons. The lowest BCUT2D eigenvalue weighted by molar-refractivity contribution is -0.136. The van der Waals surface area contributed by atoms with Crippen LogP contribution in [0.25, 0.3) is 0 Å². The molecule has 1 rings (SSSR count). The molecule has 2 N–H and O–H groups in total. The van der Waals surface area contributed by atoms with Gasteiger partial charge in [-0.1, -0.05) is 25.4 Å². The van der Waals surface area contributed by atoms with Crippen molar-refractivity contribution in [3.05, 3.63) is 22.7 Å². The van der Waals surface area contributed by atoms with Crippen LogP contribution < -0.4 is 15.4 Å². The third-order valence-corrected chi connectivity index (χ3v) is 4.17. The summed E-state index contributed by atoms with van der Waals surface area (Å²) in [5.74, 6) is -0.977. The number of amides is 2.